The van der Waals surface area contributed by atoms with Gasteiger partial charge in [-0.05, 0) is 50.4 Å². The minimum absolute atomic E-state index is 0.360. The molecule has 0 bridgehead atoms. The van der Waals surface area contributed by atoms with Crippen LogP contribution in [0.15, 0.2) is 0 Å². The maximum atomic E-state index is 4.97. The Bertz CT molecular complexity index is 417. The molecule has 0 amide bonds. The molecule has 2 aliphatic rings. The second-order valence-electron chi connectivity index (χ2n) is 7.39. The van der Waals surface area contributed by atoms with Crippen LogP contribution in [0.4, 0.5) is 0 Å². The normalized spacial score (nSPS) is 21.2. The standard InChI is InChI=1S/C16H26N2S/c1-16(2,3)10-13(17-11-8-9-11)15-18-12-6-4-5-7-14(12)19-15/h11,13,17H,4-10H2,1-3H3. The van der Waals surface area contributed by atoms with E-state index in [9.17, 15) is 0 Å². The lowest BCUT2D eigenvalue weighted by Crippen LogP contribution is -2.27. The van der Waals surface area contributed by atoms with E-state index in [0.717, 1.165) is 6.04 Å². The fraction of sp³-hybridized carbons (Fsp3) is 0.812. The van der Waals surface area contributed by atoms with Crippen LogP contribution < -0.4 is 5.32 Å². The van der Waals surface area contributed by atoms with Crippen LogP contribution in [0, 0.1) is 5.41 Å². The van der Waals surface area contributed by atoms with Crippen molar-refractivity contribution in [3.63, 3.8) is 0 Å². The molecule has 1 atom stereocenters. The third-order valence-electron chi connectivity index (χ3n) is 3.99. The number of thiazole rings is 1. The summed E-state index contributed by atoms with van der Waals surface area (Å²) in [6.07, 6.45) is 9.05. The zero-order valence-electron chi connectivity index (χ0n) is 12.5. The van der Waals surface area contributed by atoms with Crippen molar-refractivity contribution in [3.8, 4) is 0 Å². The van der Waals surface area contributed by atoms with Crippen LogP contribution in [0.5, 0.6) is 0 Å². The highest BCUT2D eigenvalue weighted by molar-refractivity contribution is 7.11. The maximum Gasteiger partial charge on any atom is 0.110 e. The van der Waals surface area contributed by atoms with Gasteiger partial charge in [0, 0.05) is 10.9 Å². The predicted octanol–water partition coefficient (Wildman–Crippen LogP) is 4.25. The number of fused-ring (bicyclic) bond motifs is 1. The number of rotatable bonds is 4. The largest absolute Gasteiger partial charge is 0.305 e. The van der Waals surface area contributed by atoms with Gasteiger partial charge in [0.2, 0.25) is 0 Å². The van der Waals surface area contributed by atoms with E-state index >= 15 is 0 Å². The average molecular weight is 278 g/mol. The molecular formula is C16H26N2S. The lowest BCUT2D eigenvalue weighted by atomic mass is 9.88. The molecule has 1 N–H and O–H groups in total. The zero-order chi connectivity index (χ0) is 13.5. The van der Waals surface area contributed by atoms with Gasteiger partial charge in [0.15, 0.2) is 0 Å². The number of aryl methyl sites for hydroxylation is 2. The molecule has 2 nitrogen and oxygen atoms in total. The first kappa shape index (κ1) is 13.6. The monoisotopic (exact) mass is 278 g/mol. The van der Waals surface area contributed by atoms with Crippen molar-refractivity contribution < 1.29 is 0 Å². The molecular weight excluding hydrogens is 252 g/mol. The van der Waals surface area contributed by atoms with Crippen LogP contribution in [0.1, 0.15) is 74.5 Å². The van der Waals surface area contributed by atoms with E-state index in [2.05, 4.69) is 26.1 Å². The number of hydrogen-bond donors (Lipinski definition) is 1. The average Bonchev–Trinajstić information content (AvgIpc) is 3.03. The minimum Gasteiger partial charge on any atom is -0.305 e. The Hall–Kier alpha value is -0.410. The molecule has 0 radical (unpaired) electrons. The van der Waals surface area contributed by atoms with E-state index in [-0.39, 0.29) is 0 Å². The molecule has 1 aromatic rings. The summed E-state index contributed by atoms with van der Waals surface area (Å²) in [5.74, 6) is 0. The first-order valence-corrected chi connectivity index (χ1v) is 8.57. The summed E-state index contributed by atoms with van der Waals surface area (Å²) in [5.41, 5.74) is 1.77. The van der Waals surface area contributed by atoms with Crippen molar-refractivity contribution in [3.05, 3.63) is 15.6 Å². The first-order valence-electron chi connectivity index (χ1n) is 7.76. The second-order valence-corrected chi connectivity index (χ2v) is 8.50. The molecule has 0 aromatic carbocycles. The molecule has 1 aromatic heterocycles. The van der Waals surface area contributed by atoms with Gasteiger partial charge in [-0.25, -0.2) is 4.98 Å². The molecule has 1 saturated carbocycles. The van der Waals surface area contributed by atoms with Gasteiger partial charge in [-0.2, -0.15) is 0 Å². The number of hydrogen-bond acceptors (Lipinski definition) is 3. The Kier molecular flexibility index (Phi) is 3.69. The van der Waals surface area contributed by atoms with E-state index in [1.165, 1.54) is 55.6 Å². The summed E-state index contributed by atoms with van der Waals surface area (Å²) in [6.45, 7) is 7.01. The van der Waals surface area contributed by atoms with Crippen molar-refractivity contribution >= 4 is 11.3 Å². The highest BCUT2D eigenvalue weighted by Crippen LogP contribution is 2.37. The topological polar surface area (TPSA) is 24.9 Å². The molecule has 106 valence electrons. The Labute approximate surface area is 121 Å². The SMILES string of the molecule is CC(C)(C)CC(NC1CC1)c1nc2c(s1)CCCC2. The second kappa shape index (κ2) is 5.17. The number of nitrogens with zero attached hydrogens (tertiary/aromatic N) is 1. The lowest BCUT2D eigenvalue weighted by Gasteiger charge is -2.25. The highest BCUT2D eigenvalue weighted by Gasteiger charge is 2.30. The van der Waals surface area contributed by atoms with Crippen molar-refractivity contribution in [1.29, 1.82) is 0 Å². The molecule has 0 saturated heterocycles. The molecule has 19 heavy (non-hydrogen) atoms. The van der Waals surface area contributed by atoms with Gasteiger partial charge in [0.1, 0.15) is 5.01 Å². The van der Waals surface area contributed by atoms with Gasteiger partial charge in [0.05, 0.1) is 11.7 Å². The van der Waals surface area contributed by atoms with E-state index in [0.29, 0.717) is 11.5 Å². The van der Waals surface area contributed by atoms with Crippen molar-refractivity contribution in [2.45, 2.75) is 77.8 Å². The zero-order valence-corrected chi connectivity index (χ0v) is 13.3. The predicted molar refractivity (Wildman–Crippen MR) is 81.7 cm³/mol. The highest BCUT2D eigenvalue weighted by atomic mass is 32.1. The Balaban J connectivity index is 1.79. The maximum absolute atomic E-state index is 4.97. The van der Waals surface area contributed by atoms with E-state index in [4.69, 9.17) is 4.98 Å². The summed E-state index contributed by atoms with van der Waals surface area (Å²) >= 11 is 1.98. The smallest absolute Gasteiger partial charge is 0.110 e. The van der Waals surface area contributed by atoms with Gasteiger partial charge in [-0.15, -0.1) is 11.3 Å². The van der Waals surface area contributed by atoms with Crippen LogP contribution in [-0.4, -0.2) is 11.0 Å². The molecule has 3 rings (SSSR count). The quantitative estimate of drug-likeness (QED) is 0.890. The fourth-order valence-corrected chi connectivity index (χ4v) is 4.10. The van der Waals surface area contributed by atoms with E-state index in [1.807, 2.05) is 11.3 Å². The van der Waals surface area contributed by atoms with Gasteiger partial charge in [-0.3, -0.25) is 0 Å². The summed E-state index contributed by atoms with van der Waals surface area (Å²) < 4.78 is 0. The van der Waals surface area contributed by atoms with Crippen LogP contribution in [0.25, 0.3) is 0 Å². The molecule has 0 spiro atoms. The summed E-state index contributed by atoms with van der Waals surface area (Å²) in [7, 11) is 0. The minimum atomic E-state index is 0.360. The van der Waals surface area contributed by atoms with Crippen molar-refractivity contribution in [1.82, 2.24) is 10.3 Å². The third kappa shape index (κ3) is 3.57. The van der Waals surface area contributed by atoms with Crippen LogP contribution in [0.2, 0.25) is 0 Å². The lowest BCUT2D eigenvalue weighted by molar-refractivity contribution is 0.309. The van der Waals surface area contributed by atoms with Gasteiger partial charge < -0.3 is 5.32 Å². The summed E-state index contributed by atoms with van der Waals surface area (Å²) in [6, 6.07) is 1.23. The Morgan fingerprint density at radius 2 is 2.00 bits per heavy atom. The Morgan fingerprint density at radius 3 is 2.63 bits per heavy atom. The van der Waals surface area contributed by atoms with Crippen molar-refractivity contribution in [2.75, 3.05) is 0 Å². The van der Waals surface area contributed by atoms with Gasteiger partial charge in [0.25, 0.3) is 0 Å². The summed E-state index contributed by atoms with van der Waals surface area (Å²) in [4.78, 5) is 6.54. The number of nitrogens with one attached hydrogen (secondary N) is 1. The molecule has 1 fully saturated rings. The van der Waals surface area contributed by atoms with Crippen LogP contribution in [0.3, 0.4) is 0 Å². The Morgan fingerprint density at radius 1 is 1.26 bits per heavy atom. The van der Waals surface area contributed by atoms with Gasteiger partial charge in [-0.1, -0.05) is 20.8 Å². The molecule has 2 aliphatic carbocycles. The number of aromatic nitrogens is 1. The van der Waals surface area contributed by atoms with Crippen molar-refractivity contribution in [2.24, 2.45) is 5.41 Å². The molecule has 1 unspecified atom stereocenters. The van der Waals surface area contributed by atoms with Crippen LogP contribution >= 0.6 is 11.3 Å². The van der Waals surface area contributed by atoms with E-state index in [1.54, 1.807) is 4.88 Å². The molecule has 1 heterocycles. The molecule has 0 aliphatic heterocycles. The van der Waals surface area contributed by atoms with E-state index < -0.39 is 0 Å². The fourth-order valence-electron chi connectivity index (χ4n) is 2.89. The molecule has 3 heteroatoms. The van der Waals surface area contributed by atoms with Crippen LogP contribution in [-0.2, 0) is 12.8 Å². The third-order valence-corrected chi connectivity index (χ3v) is 5.26. The van der Waals surface area contributed by atoms with Gasteiger partial charge >= 0.3 is 0 Å². The first-order chi connectivity index (χ1) is 9.01. The summed E-state index contributed by atoms with van der Waals surface area (Å²) in [5, 5.41) is 5.18.